The molecular formula is C25H21N3O4. The number of ether oxygens (including phenoxy) is 3. The Kier molecular flexibility index (Phi) is 5.45. The molecule has 0 bridgehead atoms. The Balaban J connectivity index is 1.14. The molecule has 160 valence electrons. The highest BCUT2D eigenvalue weighted by molar-refractivity contribution is 5.92. The maximum Gasteiger partial charge on any atom is 0.272 e. The van der Waals surface area contributed by atoms with Gasteiger partial charge in [0.25, 0.3) is 5.91 Å². The maximum absolute atomic E-state index is 12.4. The number of benzene rings is 3. The molecule has 1 aliphatic heterocycles. The van der Waals surface area contributed by atoms with Gasteiger partial charge in [-0.2, -0.15) is 5.10 Å². The van der Waals surface area contributed by atoms with Gasteiger partial charge in [-0.3, -0.25) is 4.79 Å². The molecule has 0 saturated heterocycles. The van der Waals surface area contributed by atoms with Crippen molar-refractivity contribution in [3.05, 3.63) is 96.3 Å². The number of nitrogens with zero attached hydrogens (tertiary/aromatic N) is 2. The van der Waals surface area contributed by atoms with Crippen molar-refractivity contribution in [2.75, 3.05) is 6.79 Å². The summed E-state index contributed by atoms with van der Waals surface area (Å²) in [4.78, 5) is 12.4. The third-order valence-corrected chi connectivity index (χ3v) is 5.09. The van der Waals surface area contributed by atoms with Crippen molar-refractivity contribution in [3.63, 3.8) is 0 Å². The Labute approximate surface area is 185 Å². The summed E-state index contributed by atoms with van der Waals surface area (Å²) >= 11 is 0. The number of hydrogen-bond donors (Lipinski definition) is 1. The third-order valence-electron chi connectivity index (χ3n) is 5.09. The predicted octanol–water partition coefficient (Wildman–Crippen LogP) is 4.25. The van der Waals surface area contributed by atoms with Crippen LogP contribution in [0.15, 0.2) is 85.1 Å². The molecule has 1 N–H and O–H groups in total. The first-order valence-electron chi connectivity index (χ1n) is 10.2. The molecule has 5 rings (SSSR count). The standard InChI is InChI=1S/C25H21N3O4/c29-25(26-15-18-6-11-23-24(14-18)32-17-31-23)22-12-13-28(27-22)16-30-21-9-7-20(8-10-21)19-4-2-1-3-5-19/h1-14H,15-17H2,(H,26,29). The number of hydrogen-bond acceptors (Lipinski definition) is 5. The fourth-order valence-corrected chi connectivity index (χ4v) is 3.39. The van der Waals surface area contributed by atoms with Crippen LogP contribution in [0, 0.1) is 0 Å². The SMILES string of the molecule is O=C(NCc1ccc2c(c1)OCO2)c1ccn(COc2ccc(-c3ccccc3)cc2)n1. The van der Waals surface area contributed by atoms with E-state index in [-0.39, 0.29) is 19.4 Å². The highest BCUT2D eigenvalue weighted by atomic mass is 16.7. The van der Waals surface area contributed by atoms with Gasteiger partial charge in [0.05, 0.1) is 0 Å². The van der Waals surface area contributed by atoms with E-state index < -0.39 is 0 Å². The zero-order valence-corrected chi connectivity index (χ0v) is 17.2. The Bertz CT molecular complexity index is 1220. The lowest BCUT2D eigenvalue weighted by Gasteiger charge is -2.08. The second kappa shape index (κ2) is 8.85. The van der Waals surface area contributed by atoms with Gasteiger partial charge in [0.2, 0.25) is 6.79 Å². The first kappa shape index (κ1) is 19.7. The van der Waals surface area contributed by atoms with Gasteiger partial charge in [-0.05, 0) is 47.0 Å². The number of carbonyl (C=O) groups is 1. The van der Waals surface area contributed by atoms with Crippen LogP contribution in [-0.2, 0) is 13.3 Å². The molecule has 4 aromatic rings. The van der Waals surface area contributed by atoms with Crippen molar-refractivity contribution in [2.24, 2.45) is 0 Å². The summed E-state index contributed by atoms with van der Waals surface area (Å²) < 4.78 is 18.0. The molecule has 0 spiro atoms. The van der Waals surface area contributed by atoms with Gasteiger partial charge in [-0.25, -0.2) is 4.68 Å². The summed E-state index contributed by atoms with van der Waals surface area (Å²) in [5, 5.41) is 7.16. The van der Waals surface area contributed by atoms with E-state index in [4.69, 9.17) is 14.2 Å². The predicted molar refractivity (Wildman–Crippen MR) is 118 cm³/mol. The molecule has 1 aromatic heterocycles. The van der Waals surface area contributed by atoms with E-state index in [2.05, 4.69) is 22.5 Å². The number of nitrogens with one attached hydrogen (secondary N) is 1. The van der Waals surface area contributed by atoms with Gasteiger partial charge < -0.3 is 19.5 Å². The molecule has 0 unspecified atom stereocenters. The van der Waals surface area contributed by atoms with Crippen LogP contribution in [0.25, 0.3) is 11.1 Å². The lowest BCUT2D eigenvalue weighted by atomic mass is 10.1. The number of carbonyl (C=O) groups excluding carboxylic acids is 1. The molecule has 0 atom stereocenters. The van der Waals surface area contributed by atoms with E-state index >= 15 is 0 Å². The van der Waals surface area contributed by atoms with Crippen LogP contribution in [0.2, 0.25) is 0 Å². The summed E-state index contributed by atoms with van der Waals surface area (Å²) in [6.45, 7) is 0.800. The molecule has 0 radical (unpaired) electrons. The molecule has 0 aliphatic carbocycles. The summed E-state index contributed by atoms with van der Waals surface area (Å²) in [6, 6.07) is 25.3. The maximum atomic E-state index is 12.4. The fraction of sp³-hybridized carbons (Fsp3) is 0.120. The molecular weight excluding hydrogens is 406 g/mol. The summed E-state index contributed by atoms with van der Waals surface area (Å²) in [6.07, 6.45) is 1.72. The van der Waals surface area contributed by atoms with Crippen molar-refractivity contribution in [1.82, 2.24) is 15.1 Å². The molecule has 1 amide bonds. The number of fused-ring (bicyclic) bond motifs is 1. The van der Waals surface area contributed by atoms with E-state index in [1.807, 2.05) is 60.7 Å². The smallest absolute Gasteiger partial charge is 0.272 e. The highest BCUT2D eigenvalue weighted by Crippen LogP contribution is 2.32. The highest BCUT2D eigenvalue weighted by Gasteiger charge is 2.14. The lowest BCUT2D eigenvalue weighted by molar-refractivity contribution is 0.0943. The quantitative estimate of drug-likeness (QED) is 0.477. The Morgan fingerprint density at radius 1 is 0.938 bits per heavy atom. The van der Waals surface area contributed by atoms with Gasteiger partial charge in [-0.15, -0.1) is 0 Å². The van der Waals surface area contributed by atoms with E-state index in [9.17, 15) is 4.79 Å². The van der Waals surface area contributed by atoms with Crippen LogP contribution in [-0.4, -0.2) is 22.5 Å². The van der Waals surface area contributed by atoms with Gasteiger partial charge in [-0.1, -0.05) is 48.5 Å². The molecule has 3 aromatic carbocycles. The Hall–Kier alpha value is -4.26. The van der Waals surface area contributed by atoms with Crippen LogP contribution < -0.4 is 19.5 Å². The zero-order valence-electron chi connectivity index (χ0n) is 17.2. The van der Waals surface area contributed by atoms with Crippen molar-refractivity contribution in [3.8, 4) is 28.4 Å². The van der Waals surface area contributed by atoms with Crippen LogP contribution in [0.1, 0.15) is 16.1 Å². The third kappa shape index (κ3) is 4.41. The summed E-state index contributed by atoms with van der Waals surface area (Å²) in [5.41, 5.74) is 3.53. The minimum absolute atomic E-state index is 0.208. The molecule has 7 nitrogen and oxygen atoms in total. The molecule has 2 heterocycles. The van der Waals surface area contributed by atoms with Crippen molar-refractivity contribution < 1.29 is 19.0 Å². The largest absolute Gasteiger partial charge is 0.471 e. The average molecular weight is 427 g/mol. The molecule has 0 saturated carbocycles. The van der Waals surface area contributed by atoms with E-state index in [0.717, 1.165) is 22.4 Å². The molecule has 0 fully saturated rings. The second-order valence-corrected chi connectivity index (χ2v) is 7.27. The van der Waals surface area contributed by atoms with Crippen molar-refractivity contribution >= 4 is 5.91 Å². The topological polar surface area (TPSA) is 74.6 Å². The number of amides is 1. The zero-order chi connectivity index (χ0) is 21.8. The van der Waals surface area contributed by atoms with Gasteiger partial charge in [0.15, 0.2) is 18.2 Å². The normalized spacial score (nSPS) is 11.9. The van der Waals surface area contributed by atoms with Crippen LogP contribution in [0.5, 0.6) is 17.2 Å². The Morgan fingerprint density at radius 2 is 1.72 bits per heavy atom. The second-order valence-electron chi connectivity index (χ2n) is 7.27. The first-order valence-corrected chi connectivity index (χ1v) is 10.2. The van der Waals surface area contributed by atoms with E-state index in [1.165, 1.54) is 0 Å². The Morgan fingerprint density at radius 3 is 2.56 bits per heavy atom. The van der Waals surface area contributed by atoms with E-state index in [1.54, 1.807) is 16.9 Å². The molecule has 1 aliphatic rings. The minimum Gasteiger partial charge on any atom is -0.471 e. The average Bonchev–Trinajstić information content (AvgIpc) is 3.51. The molecule has 7 heteroatoms. The summed E-state index contributed by atoms with van der Waals surface area (Å²) in [5.74, 6) is 1.88. The van der Waals surface area contributed by atoms with Crippen LogP contribution in [0.3, 0.4) is 0 Å². The van der Waals surface area contributed by atoms with Crippen LogP contribution >= 0.6 is 0 Å². The van der Waals surface area contributed by atoms with Crippen LogP contribution in [0.4, 0.5) is 0 Å². The number of rotatable bonds is 7. The van der Waals surface area contributed by atoms with Crippen molar-refractivity contribution in [2.45, 2.75) is 13.3 Å². The number of aromatic nitrogens is 2. The molecule has 32 heavy (non-hydrogen) atoms. The van der Waals surface area contributed by atoms with Gasteiger partial charge in [0.1, 0.15) is 11.4 Å². The van der Waals surface area contributed by atoms with Gasteiger partial charge in [0, 0.05) is 12.7 Å². The monoisotopic (exact) mass is 427 g/mol. The minimum atomic E-state index is -0.256. The van der Waals surface area contributed by atoms with Crippen molar-refractivity contribution in [1.29, 1.82) is 0 Å². The summed E-state index contributed by atoms with van der Waals surface area (Å²) in [7, 11) is 0. The first-order chi connectivity index (χ1) is 15.7. The van der Waals surface area contributed by atoms with E-state index in [0.29, 0.717) is 23.7 Å². The fourth-order valence-electron chi connectivity index (χ4n) is 3.39. The lowest BCUT2D eigenvalue weighted by Crippen LogP contribution is -2.23. The van der Waals surface area contributed by atoms with Gasteiger partial charge >= 0.3 is 0 Å².